The van der Waals surface area contributed by atoms with Gasteiger partial charge in [-0.05, 0) is 24.6 Å². The van der Waals surface area contributed by atoms with Crippen LogP contribution in [0.1, 0.15) is 18.5 Å². The van der Waals surface area contributed by atoms with Crippen molar-refractivity contribution < 1.29 is 0 Å². The normalized spacial score (nSPS) is 12.8. The molecule has 3 rings (SSSR count). The molecule has 0 N–H and O–H groups in total. The van der Waals surface area contributed by atoms with Crippen molar-refractivity contribution in [3.05, 3.63) is 60.6 Å². The minimum Gasteiger partial charge on any atom is -0.322 e. The number of pyridine rings is 1. The van der Waals surface area contributed by atoms with Crippen LogP contribution in [0.5, 0.6) is 0 Å². The zero-order valence-corrected chi connectivity index (χ0v) is 9.62. The van der Waals surface area contributed by atoms with Gasteiger partial charge in [0, 0.05) is 6.20 Å². The number of rotatable bonds is 2. The fourth-order valence-corrected chi connectivity index (χ4v) is 2.07. The first kappa shape index (κ1) is 10.0. The van der Waals surface area contributed by atoms with Crippen LogP contribution in [0.15, 0.2) is 55.0 Å². The molecule has 84 valence electrons. The van der Waals surface area contributed by atoms with Gasteiger partial charge in [-0.15, -0.1) is 0 Å². The Morgan fingerprint density at radius 1 is 1.00 bits per heavy atom. The number of nitrogens with zero attached hydrogens (tertiary/aromatic N) is 3. The number of hydrogen-bond donors (Lipinski definition) is 0. The van der Waals surface area contributed by atoms with Gasteiger partial charge in [0.05, 0.1) is 17.9 Å². The van der Waals surface area contributed by atoms with E-state index in [1.807, 2.05) is 18.5 Å². The second kappa shape index (κ2) is 4.01. The highest BCUT2D eigenvalue weighted by Gasteiger charge is 2.10. The molecule has 0 spiro atoms. The van der Waals surface area contributed by atoms with Gasteiger partial charge < -0.3 is 4.57 Å². The van der Waals surface area contributed by atoms with E-state index in [0.717, 1.165) is 11.2 Å². The smallest absolute Gasteiger partial charge is 0.177 e. The minimum absolute atomic E-state index is 0.269. The molecule has 0 bridgehead atoms. The van der Waals surface area contributed by atoms with Crippen LogP contribution in [0.25, 0.3) is 11.2 Å². The lowest BCUT2D eigenvalue weighted by Crippen LogP contribution is -2.04. The lowest BCUT2D eigenvalue weighted by molar-refractivity contribution is 0.658. The van der Waals surface area contributed by atoms with Gasteiger partial charge in [0.15, 0.2) is 5.65 Å². The molecule has 0 saturated carbocycles. The molecule has 3 heteroatoms. The topological polar surface area (TPSA) is 30.7 Å². The van der Waals surface area contributed by atoms with E-state index in [9.17, 15) is 0 Å². The molecule has 2 aromatic heterocycles. The van der Waals surface area contributed by atoms with Crippen LogP contribution in [0.4, 0.5) is 0 Å². The molecule has 0 amide bonds. The minimum atomic E-state index is 0.269. The predicted octanol–water partition coefficient (Wildman–Crippen LogP) is 3.04. The van der Waals surface area contributed by atoms with E-state index in [2.05, 4.69) is 51.8 Å². The standard InChI is InChI=1S/C14H13N3/c1-11(12-6-3-2-4-7-12)17-10-16-14-13(17)8-5-9-15-14/h2-11H,1H3. The van der Waals surface area contributed by atoms with E-state index in [-0.39, 0.29) is 6.04 Å². The maximum atomic E-state index is 4.32. The Morgan fingerprint density at radius 2 is 1.82 bits per heavy atom. The second-order valence-corrected chi connectivity index (χ2v) is 4.08. The van der Waals surface area contributed by atoms with Crippen LogP contribution in [0.3, 0.4) is 0 Å². The average Bonchev–Trinajstić information content (AvgIpc) is 2.83. The summed E-state index contributed by atoms with van der Waals surface area (Å²) >= 11 is 0. The Labute approximate surface area is 99.8 Å². The van der Waals surface area contributed by atoms with Gasteiger partial charge in [-0.25, -0.2) is 9.97 Å². The van der Waals surface area contributed by atoms with Crippen LogP contribution in [0.2, 0.25) is 0 Å². The molecule has 0 fully saturated rings. The first-order chi connectivity index (χ1) is 8.36. The van der Waals surface area contributed by atoms with Gasteiger partial charge in [-0.3, -0.25) is 0 Å². The van der Waals surface area contributed by atoms with Gasteiger partial charge in [0.25, 0.3) is 0 Å². The number of aromatic nitrogens is 3. The molecular formula is C14H13N3. The van der Waals surface area contributed by atoms with Crippen LogP contribution in [-0.4, -0.2) is 14.5 Å². The third-order valence-electron chi connectivity index (χ3n) is 3.05. The van der Waals surface area contributed by atoms with Crippen LogP contribution in [0, 0.1) is 0 Å². The highest BCUT2D eigenvalue weighted by molar-refractivity contribution is 5.70. The Bertz CT molecular complexity index is 628. The van der Waals surface area contributed by atoms with E-state index in [4.69, 9.17) is 0 Å². The van der Waals surface area contributed by atoms with Crippen LogP contribution < -0.4 is 0 Å². The molecule has 0 aliphatic heterocycles. The van der Waals surface area contributed by atoms with Gasteiger partial charge in [0.2, 0.25) is 0 Å². The van der Waals surface area contributed by atoms with E-state index in [1.54, 1.807) is 6.20 Å². The summed E-state index contributed by atoms with van der Waals surface area (Å²) in [6.07, 6.45) is 3.63. The van der Waals surface area contributed by atoms with Gasteiger partial charge in [-0.2, -0.15) is 0 Å². The Morgan fingerprint density at radius 3 is 2.65 bits per heavy atom. The molecule has 0 radical (unpaired) electrons. The van der Waals surface area contributed by atoms with Gasteiger partial charge >= 0.3 is 0 Å². The first-order valence-corrected chi connectivity index (χ1v) is 5.69. The number of fused-ring (bicyclic) bond motifs is 1. The quantitative estimate of drug-likeness (QED) is 0.668. The summed E-state index contributed by atoms with van der Waals surface area (Å²) in [5.74, 6) is 0. The van der Waals surface area contributed by atoms with Crippen molar-refractivity contribution in [1.29, 1.82) is 0 Å². The molecule has 1 aromatic carbocycles. The second-order valence-electron chi connectivity index (χ2n) is 4.08. The largest absolute Gasteiger partial charge is 0.322 e. The fourth-order valence-electron chi connectivity index (χ4n) is 2.07. The summed E-state index contributed by atoms with van der Waals surface area (Å²) in [7, 11) is 0. The maximum Gasteiger partial charge on any atom is 0.177 e. The predicted molar refractivity (Wildman–Crippen MR) is 67.8 cm³/mol. The lowest BCUT2D eigenvalue weighted by atomic mass is 10.1. The summed E-state index contributed by atoms with van der Waals surface area (Å²) in [5, 5.41) is 0. The van der Waals surface area contributed by atoms with Crippen molar-refractivity contribution in [1.82, 2.24) is 14.5 Å². The van der Waals surface area contributed by atoms with E-state index in [1.165, 1.54) is 5.56 Å². The first-order valence-electron chi connectivity index (χ1n) is 5.69. The fraction of sp³-hybridized carbons (Fsp3) is 0.143. The summed E-state index contributed by atoms with van der Waals surface area (Å²) in [4.78, 5) is 8.56. The molecule has 0 aliphatic carbocycles. The summed E-state index contributed by atoms with van der Waals surface area (Å²) in [6.45, 7) is 2.17. The molecule has 17 heavy (non-hydrogen) atoms. The average molecular weight is 223 g/mol. The number of imidazole rings is 1. The Hall–Kier alpha value is -2.16. The van der Waals surface area contributed by atoms with Gasteiger partial charge in [-0.1, -0.05) is 30.3 Å². The summed E-state index contributed by atoms with van der Waals surface area (Å²) < 4.78 is 2.15. The molecule has 3 nitrogen and oxygen atoms in total. The number of benzene rings is 1. The molecule has 0 aliphatic rings. The molecule has 2 heterocycles. The van der Waals surface area contributed by atoms with Crippen molar-refractivity contribution >= 4 is 11.2 Å². The monoisotopic (exact) mass is 223 g/mol. The highest BCUT2D eigenvalue weighted by Crippen LogP contribution is 2.21. The van der Waals surface area contributed by atoms with Crippen molar-refractivity contribution in [3.8, 4) is 0 Å². The van der Waals surface area contributed by atoms with Gasteiger partial charge in [0.1, 0.15) is 0 Å². The van der Waals surface area contributed by atoms with E-state index >= 15 is 0 Å². The lowest BCUT2D eigenvalue weighted by Gasteiger charge is -2.14. The van der Waals surface area contributed by atoms with Crippen LogP contribution >= 0.6 is 0 Å². The van der Waals surface area contributed by atoms with Crippen molar-refractivity contribution in [3.63, 3.8) is 0 Å². The zero-order chi connectivity index (χ0) is 11.7. The zero-order valence-electron chi connectivity index (χ0n) is 9.62. The van der Waals surface area contributed by atoms with Crippen molar-refractivity contribution in [2.75, 3.05) is 0 Å². The van der Waals surface area contributed by atoms with Crippen LogP contribution in [-0.2, 0) is 0 Å². The Balaban J connectivity index is 2.10. The van der Waals surface area contributed by atoms with E-state index in [0.29, 0.717) is 0 Å². The van der Waals surface area contributed by atoms with Crippen molar-refractivity contribution in [2.24, 2.45) is 0 Å². The molecule has 1 atom stereocenters. The van der Waals surface area contributed by atoms with Crippen molar-refractivity contribution in [2.45, 2.75) is 13.0 Å². The third kappa shape index (κ3) is 1.69. The van der Waals surface area contributed by atoms with E-state index < -0.39 is 0 Å². The third-order valence-corrected chi connectivity index (χ3v) is 3.05. The summed E-state index contributed by atoms with van der Waals surface area (Å²) in [5.41, 5.74) is 3.15. The number of hydrogen-bond acceptors (Lipinski definition) is 2. The SMILES string of the molecule is CC(c1ccccc1)n1cnc2ncccc21. The molecule has 1 unspecified atom stereocenters. The molecule has 3 aromatic rings. The molecule has 0 saturated heterocycles. The summed E-state index contributed by atoms with van der Waals surface area (Å²) in [6, 6.07) is 14.7. The maximum absolute atomic E-state index is 4.32. The molecular weight excluding hydrogens is 210 g/mol. The Kier molecular flexibility index (Phi) is 2.37. The highest BCUT2D eigenvalue weighted by atomic mass is 15.1.